The fraction of sp³-hybridized carbons (Fsp3) is 1.00. The van der Waals surface area contributed by atoms with E-state index in [9.17, 15) is 0 Å². The highest BCUT2D eigenvalue weighted by Crippen LogP contribution is 2.17. The van der Waals surface area contributed by atoms with Crippen LogP contribution in [0.3, 0.4) is 0 Å². The number of nitrogens with zero attached hydrogens (tertiary/aromatic N) is 1. The predicted molar refractivity (Wildman–Crippen MR) is 68.7 cm³/mol. The maximum absolute atomic E-state index is 3.81. The van der Waals surface area contributed by atoms with Crippen LogP contribution in [0.15, 0.2) is 0 Å². The Morgan fingerprint density at radius 2 is 2.00 bits per heavy atom. The normalized spacial score (nSPS) is 34.1. The second kappa shape index (κ2) is 5.99. The lowest BCUT2D eigenvalue weighted by molar-refractivity contribution is 0.168. The Kier molecular flexibility index (Phi) is 4.62. The van der Waals surface area contributed by atoms with Crippen LogP contribution >= 0.6 is 0 Å². The maximum atomic E-state index is 3.81. The minimum absolute atomic E-state index is 0.756. The molecule has 2 heterocycles. The average Bonchev–Trinajstić information content (AvgIpc) is 2.29. The first-order valence-electron chi connectivity index (χ1n) is 6.88. The molecule has 2 fully saturated rings. The molecule has 2 saturated heterocycles. The molecular formula is C13H27N3. The molecule has 0 aromatic heterocycles. The molecule has 0 amide bonds. The molecule has 0 aromatic rings. The van der Waals surface area contributed by atoms with Gasteiger partial charge in [-0.3, -0.25) is 0 Å². The fourth-order valence-electron chi connectivity index (χ4n) is 3.06. The van der Waals surface area contributed by atoms with Gasteiger partial charge in [0.05, 0.1) is 0 Å². The van der Waals surface area contributed by atoms with Crippen LogP contribution < -0.4 is 10.6 Å². The summed E-state index contributed by atoms with van der Waals surface area (Å²) in [5.74, 6) is 1.72. The third-order valence-electron chi connectivity index (χ3n) is 4.24. The first-order valence-corrected chi connectivity index (χ1v) is 6.88. The van der Waals surface area contributed by atoms with Gasteiger partial charge in [-0.25, -0.2) is 0 Å². The minimum atomic E-state index is 0.756. The van der Waals surface area contributed by atoms with Crippen LogP contribution in [0.5, 0.6) is 0 Å². The van der Waals surface area contributed by atoms with Crippen molar-refractivity contribution in [1.29, 1.82) is 0 Å². The summed E-state index contributed by atoms with van der Waals surface area (Å²) < 4.78 is 0. The van der Waals surface area contributed by atoms with E-state index in [1.54, 1.807) is 0 Å². The highest BCUT2D eigenvalue weighted by atomic mass is 15.1. The van der Waals surface area contributed by atoms with Gasteiger partial charge in [0.25, 0.3) is 0 Å². The monoisotopic (exact) mass is 225 g/mol. The number of hydrogen-bond acceptors (Lipinski definition) is 3. The molecule has 3 heteroatoms. The second-order valence-electron chi connectivity index (χ2n) is 5.74. The van der Waals surface area contributed by atoms with Crippen LogP contribution in [0.4, 0.5) is 0 Å². The molecule has 3 nitrogen and oxygen atoms in total. The highest BCUT2D eigenvalue weighted by Gasteiger charge is 2.24. The van der Waals surface area contributed by atoms with Gasteiger partial charge in [0.1, 0.15) is 0 Å². The van der Waals surface area contributed by atoms with E-state index in [1.807, 2.05) is 0 Å². The van der Waals surface area contributed by atoms with Gasteiger partial charge in [0.15, 0.2) is 0 Å². The summed E-state index contributed by atoms with van der Waals surface area (Å²) in [7, 11) is 2.24. The van der Waals surface area contributed by atoms with E-state index >= 15 is 0 Å². The number of hydrogen-bond donors (Lipinski definition) is 2. The van der Waals surface area contributed by atoms with Gasteiger partial charge >= 0.3 is 0 Å². The van der Waals surface area contributed by atoms with Gasteiger partial charge in [0, 0.05) is 12.6 Å². The molecule has 2 atom stereocenters. The molecule has 2 rings (SSSR count). The Bertz CT molecular complexity index is 201. The summed E-state index contributed by atoms with van der Waals surface area (Å²) >= 11 is 0. The van der Waals surface area contributed by atoms with Gasteiger partial charge < -0.3 is 15.5 Å². The lowest BCUT2D eigenvalue weighted by atomic mass is 9.92. The van der Waals surface area contributed by atoms with Crippen molar-refractivity contribution in [2.75, 3.05) is 39.8 Å². The number of piperidine rings is 2. The molecule has 16 heavy (non-hydrogen) atoms. The van der Waals surface area contributed by atoms with Crippen molar-refractivity contribution in [3.63, 3.8) is 0 Å². The Morgan fingerprint density at radius 3 is 2.69 bits per heavy atom. The Labute approximate surface area is 100.0 Å². The van der Waals surface area contributed by atoms with E-state index in [1.165, 1.54) is 52.0 Å². The van der Waals surface area contributed by atoms with Crippen LogP contribution in [-0.2, 0) is 0 Å². The zero-order chi connectivity index (χ0) is 11.4. The Hall–Kier alpha value is -0.120. The molecule has 94 valence electrons. The standard InChI is InChI=1S/C13H27N3/c1-11-10-16(2)8-5-13(11)15-9-12-3-6-14-7-4-12/h11-15H,3-10H2,1-2H3. The van der Waals surface area contributed by atoms with Gasteiger partial charge in [-0.1, -0.05) is 6.92 Å². The zero-order valence-corrected chi connectivity index (χ0v) is 10.8. The summed E-state index contributed by atoms with van der Waals surface area (Å²) in [5.41, 5.74) is 0. The van der Waals surface area contributed by atoms with Crippen molar-refractivity contribution in [3.8, 4) is 0 Å². The van der Waals surface area contributed by atoms with Crippen LogP contribution in [-0.4, -0.2) is 50.7 Å². The van der Waals surface area contributed by atoms with Gasteiger partial charge in [-0.15, -0.1) is 0 Å². The average molecular weight is 225 g/mol. The number of rotatable bonds is 3. The van der Waals surface area contributed by atoms with Crippen LogP contribution in [0.25, 0.3) is 0 Å². The van der Waals surface area contributed by atoms with E-state index in [0.29, 0.717) is 0 Å². The summed E-state index contributed by atoms with van der Waals surface area (Å²) in [6.45, 7) is 8.57. The summed E-state index contributed by atoms with van der Waals surface area (Å²) in [4.78, 5) is 2.45. The van der Waals surface area contributed by atoms with Crippen LogP contribution in [0.1, 0.15) is 26.2 Å². The van der Waals surface area contributed by atoms with Crippen molar-refractivity contribution in [1.82, 2.24) is 15.5 Å². The SMILES string of the molecule is CC1CN(C)CCC1NCC1CCNCC1. The van der Waals surface area contributed by atoms with E-state index < -0.39 is 0 Å². The predicted octanol–water partition coefficient (Wildman–Crippen LogP) is 0.916. The first-order chi connectivity index (χ1) is 7.75. The largest absolute Gasteiger partial charge is 0.317 e. The fourth-order valence-corrected chi connectivity index (χ4v) is 3.06. The lowest BCUT2D eigenvalue weighted by Crippen LogP contribution is -2.48. The highest BCUT2D eigenvalue weighted by molar-refractivity contribution is 4.82. The second-order valence-corrected chi connectivity index (χ2v) is 5.74. The molecule has 0 aromatic carbocycles. The molecule has 0 saturated carbocycles. The van der Waals surface area contributed by atoms with Gasteiger partial charge in [-0.2, -0.15) is 0 Å². The maximum Gasteiger partial charge on any atom is 0.0117 e. The molecule has 0 spiro atoms. The molecule has 0 bridgehead atoms. The van der Waals surface area contributed by atoms with Crippen LogP contribution in [0, 0.1) is 11.8 Å². The van der Waals surface area contributed by atoms with Gasteiger partial charge in [0.2, 0.25) is 0 Å². The summed E-state index contributed by atoms with van der Waals surface area (Å²) in [6.07, 6.45) is 4.03. The van der Waals surface area contributed by atoms with E-state index in [0.717, 1.165) is 17.9 Å². The van der Waals surface area contributed by atoms with E-state index in [-0.39, 0.29) is 0 Å². The number of likely N-dealkylation sites (tertiary alicyclic amines) is 1. The van der Waals surface area contributed by atoms with E-state index in [2.05, 4.69) is 29.5 Å². The molecular weight excluding hydrogens is 198 g/mol. The quantitative estimate of drug-likeness (QED) is 0.748. The van der Waals surface area contributed by atoms with Gasteiger partial charge in [-0.05, 0) is 64.3 Å². The van der Waals surface area contributed by atoms with Crippen molar-refractivity contribution in [2.24, 2.45) is 11.8 Å². The van der Waals surface area contributed by atoms with Crippen molar-refractivity contribution in [3.05, 3.63) is 0 Å². The Balaban J connectivity index is 1.68. The third kappa shape index (κ3) is 3.44. The van der Waals surface area contributed by atoms with Crippen LogP contribution in [0.2, 0.25) is 0 Å². The zero-order valence-electron chi connectivity index (χ0n) is 10.8. The minimum Gasteiger partial charge on any atom is -0.317 e. The molecule has 0 radical (unpaired) electrons. The van der Waals surface area contributed by atoms with Crippen molar-refractivity contribution in [2.45, 2.75) is 32.2 Å². The summed E-state index contributed by atoms with van der Waals surface area (Å²) in [6, 6.07) is 0.756. The van der Waals surface area contributed by atoms with Crippen molar-refractivity contribution < 1.29 is 0 Å². The first kappa shape index (κ1) is 12.3. The van der Waals surface area contributed by atoms with Crippen molar-refractivity contribution >= 4 is 0 Å². The topological polar surface area (TPSA) is 27.3 Å². The smallest absolute Gasteiger partial charge is 0.0117 e. The third-order valence-corrected chi connectivity index (χ3v) is 4.24. The molecule has 0 aliphatic carbocycles. The number of nitrogens with one attached hydrogen (secondary N) is 2. The molecule has 2 N–H and O–H groups in total. The lowest BCUT2D eigenvalue weighted by Gasteiger charge is -2.36. The molecule has 2 aliphatic rings. The molecule has 2 unspecified atom stereocenters. The van der Waals surface area contributed by atoms with E-state index in [4.69, 9.17) is 0 Å². The Morgan fingerprint density at radius 1 is 1.25 bits per heavy atom. The summed E-state index contributed by atoms with van der Waals surface area (Å²) in [5, 5.41) is 7.24. The molecule has 2 aliphatic heterocycles.